The maximum Gasteiger partial charge on any atom is 0.253 e. The van der Waals surface area contributed by atoms with Gasteiger partial charge in [0.15, 0.2) is 0 Å². The quantitative estimate of drug-likeness (QED) is 0.407. The largest absolute Gasteiger partial charge is 0.495 e. The van der Waals surface area contributed by atoms with Gasteiger partial charge in [0.1, 0.15) is 11.6 Å². The Balaban J connectivity index is 1.76. The van der Waals surface area contributed by atoms with Crippen LogP contribution in [-0.4, -0.2) is 71.2 Å². The standard InChI is InChI=1S/C24H31ClN4O4/c1-32-15-5-10-26-24(31)19-16-18(27-23(30)17-25)8-9-20(19)28-11-13-29(14-12-28)21-6-3-4-7-22(21)33-2/h3-4,6-9,16H,5,10-15,17H2,1-2H3,(H,26,31)(H,27,30). The minimum absolute atomic E-state index is 0.148. The molecule has 0 spiro atoms. The molecule has 0 aromatic heterocycles. The van der Waals surface area contributed by atoms with E-state index < -0.39 is 0 Å². The van der Waals surface area contributed by atoms with E-state index in [2.05, 4.69) is 26.5 Å². The molecular formula is C24H31ClN4O4. The van der Waals surface area contributed by atoms with Crippen molar-refractivity contribution in [2.24, 2.45) is 0 Å². The number of benzene rings is 2. The van der Waals surface area contributed by atoms with Crippen LogP contribution in [0.3, 0.4) is 0 Å². The zero-order valence-corrected chi connectivity index (χ0v) is 19.9. The lowest BCUT2D eigenvalue weighted by atomic mass is 10.1. The highest BCUT2D eigenvalue weighted by molar-refractivity contribution is 6.29. The summed E-state index contributed by atoms with van der Waals surface area (Å²) in [4.78, 5) is 29.2. The lowest BCUT2D eigenvalue weighted by molar-refractivity contribution is -0.113. The number of amides is 2. The first-order valence-electron chi connectivity index (χ1n) is 11.0. The molecule has 8 nitrogen and oxygen atoms in total. The Labute approximate surface area is 199 Å². The second-order valence-electron chi connectivity index (χ2n) is 7.66. The van der Waals surface area contributed by atoms with Gasteiger partial charge in [0, 0.05) is 57.8 Å². The van der Waals surface area contributed by atoms with Gasteiger partial charge in [0.25, 0.3) is 5.91 Å². The lowest BCUT2D eigenvalue weighted by Crippen LogP contribution is -2.47. The molecule has 1 aliphatic heterocycles. The van der Waals surface area contributed by atoms with Crippen LogP contribution in [-0.2, 0) is 9.53 Å². The van der Waals surface area contributed by atoms with E-state index in [0.29, 0.717) is 24.4 Å². The Morgan fingerprint density at radius 2 is 1.70 bits per heavy atom. The number of piperazine rings is 1. The summed E-state index contributed by atoms with van der Waals surface area (Å²) >= 11 is 5.62. The molecule has 0 radical (unpaired) electrons. The monoisotopic (exact) mass is 474 g/mol. The third-order valence-corrected chi connectivity index (χ3v) is 5.75. The van der Waals surface area contributed by atoms with Crippen LogP contribution in [0.4, 0.5) is 17.1 Å². The van der Waals surface area contributed by atoms with Crippen molar-refractivity contribution in [1.82, 2.24) is 5.32 Å². The molecule has 1 saturated heterocycles. The number of nitrogens with one attached hydrogen (secondary N) is 2. The number of methoxy groups -OCH3 is 2. The number of alkyl halides is 1. The fourth-order valence-electron chi connectivity index (χ4n) is 3.86. The van der Waals surface area contributed by atoms with Gasteiger partial charge in [-0.05, 0) is 36.8 Å². The third kappa shape index (κ3) is 6.52. The molecule has 178 valence electrons. The van der Waals surface area contributed by atoms with Gasteiger partial charge in [-0.15, -0.1) is 11.6 Å². The number of rotatable bonds is 10. The number of hydrogen-bond donors (Lipinski definition) is 2. The Morgan fingerprint density at radius 3 is 2.36 bits per heavy atom. The number of anilines is 3. The van der Waals surface area contributed by atoms with Gasteiger partial charge in [0.2, 0.25) is 5.91 Å². The van der Waals surface area contributed by atoms with Gasteiger partial charge in [-0.1, -0.05) is 12.1 Å². The van der Waals surface area contributed by atoms with E-state index in [4.69, 9.17) is 21.1 Å². The van der Waals surface area contributed by atoms with Crippen LogP contribution >= 0.6 is 11.6 Å². The average Bonchev–Trinajstić information content (AvgIpc) is 2.86. The highest BCUT2D eigenvalue weighted by Crippen LogP contribution is 2.31. The Kier molecular flexibility index (Phi) is 9.21. The topological polar surface area (TPSA) is 83.1 Å². The molecule has 2 N–H and O–H groups in total. The summed E-state index contributed by atoms with van der Waals surface area (Å²) in [6.07, 6.45) is 0.720. The maximum atomic E-state index is 13.0. The first-order chi connectivity index (χ1) is 16.1. The van der Waals surface area contributed by atoms with Gasteiger partial charge >= 0.3 is 0 Å². The van der Waals surface area contributed by atoms with Crippen LogP contribution in [0.5, 0.6) is 5.75 Å². The fraction of sp³-hybridized carbons (Fsp3) is 0.417. The molecule has 1 aliphatic rings. The summed E-state index contributed by atoms with van der Waals surface area (Å²) in [5.74, 6) is 0.198. The molecule has 1 heterocycles. The van der Waals surface area contributed by atoms with E-state index in [0.717, 1.165) is 49.7 Å². The van der Waals surface area contributed by atoms with Crippen LogP contribution in [0.25, 0.3) is 0 Å². The molecule has 9 heteroatoms. The van der Waals surface area contributed by atoms with Crippen molar-refractivity contribution >= 4 is 40.5 Å². The van der Waals surface area contributed by atoms with Gasteiger partial charge < -0.3 is 29.9 Å². The molecule has 1 fully saturated rings. The van der Waals surface area contributed by atoms with Crippen molar-refractivity contribution in [2.75, 3.05) is 74.5 Å². The van der Waals surface area contributed by atoms with Crippen molar-refractivity contribution < 1.29 is 19.1 Å². The summed E-state index contributed by atoms with van der Waals surface area (Å²) < 4.78 is 10.6. The van der Waals surface area contributed by atoms with E-state index in [9.17, 15) is 9.59 Å². The number of hydrogen-bond acceptors (Lipinski definition) is 6. The van der Waals surface area contributed by atoms with Crippen molar-refractivity contribution in [3.8, 4) is 5.75 Å². The molecule has 2 amide bonds. The molecule has 0 unspecified atom stereocenters. The molecule has 3 rings (SSSR count). The molecular weight excluding hydrogens is 444 g/mol. The summed E-state index contributed by atoms with van der Waals surface area (Å²) in [6, 6.07) is 13.4. The highest BCUT2D eigenvalue weighted by atomic mass is 35.5. The number of halogens is 1. The lowest BCUT2D eigenvalue weighted by Gasteiger charge is -2.38. The van der Waals surface area contributed by atoms with Crippen molar-refractivity contribution in [3.05, 3.63) is 48.0 Å². The number of nitrogens with zero attached hydrogens (tertiary/aromatic N) is 2. The normalized spacial score (nSPS) is 13.5. The molecule has 0 atom stereocenters. The Morgan fingerprint density at radius 1 is 1.00 bits per heavy atom. The van der Waals surface area contributed by atoms with Gasteiger partial charge in [-0.2, -0.15) is 0 Å². The smallest absolute Gasteiger partial charge is 0.253 e. The van der Waals surface area contributed by atoms with Crippen molar-refractivity contribution in [2.45, 2.75) is 6.42 Å². The van der Waals surface area contributed by atoms with Crippen molar-refractivity contribution in [3.63, 3.8) is 0 Å². The van der Waals surface area contributed by atoms with E-state index in [1.54, 1.807) is 26.4 Å². The van der Waals surface area contributed by atoms with Crippen LogP contribution in [0.2, 0.25) is 0 Å². The third-order valence-electron chi connectivity index (χ3n) is 5.50. The zero-order chi connectivity index (χ0) is 23.6. The van der Waals surface area contributed by atoms with Crippen LogP contribution in [0, 0.1) is 0 Å². The Hall–Kier alpha value is -2.97. The number of ether oxygens (including phenoxy) is 2. The van der Waals surface area contributed by atoms with E-state index in [1.165, 1.54) is 0 Å². The first-order valence-corrected chi connectivity index (χ1v) is 11.5. The SMILES string of the molecule is COCCCNC(=O)c1cc(NC(=O)CCl)ccc1N1CCN(c2ccccc2OC)CC1. The summed E-state index contributed by atoms with van der Waals surface area (Å²) in [5.41, 5.74) is 2.96. The fourth-order valence-corrected chi connectivity index (χ4v) is 3.93. The highest BCUT2D eigenvalue weighted by Gasteiger charge is 2.23. The second-order valence-corrected chi connectivity index (χ2v) is 7.93. The minimum Gasteiger partial charge on any atom is -0.495 e. The molecule has 33 heavy (non-hydrogen) atoms. The average molecular weight is 475 g/mol. The molecule has 2 aromatic carbocycles. The second kappa shape index (κ2) is 12.3. The predicted molar refractivity (Wildman–Crippen MR) is 132 cm³/mol. The van der Waals surface area contributed by atoms with E-state index in [-0.39, 0.29) is 17.7 Å². The zero-order valence-electron chi connectivity index (χ0n) is 19.1. The van der Waals surface area contributed by atoms with Crippen LogP contribution < -0.4 is 25.2 Å². The minimum atomic E-state index is -0.318. The van der Waals surface area contributed by atoms with Gasteiger partial charge in [0.05, 0.1) is 18.4 Å². The first kappa shape index (κ1) is 24.7. The molecule has 0 bridgehead atoms. The van der Waals surface area contributed by atoms with Gasteiger partial charge in [-0.25, -0.2) is 0 Å². The van der Waals surface area contributed by atoms with E-state index in [1.807, 2.05) is 24.3 Å². The van der Waals surface area contributed by atoms with Crippen LogP contribution in [0.1, 0.15) is 16.8 Å². The van der Waals surface area contributed by atoms with Crippen LogP contribution in [0.15, 0.2) is 42.5 Å². The predicted octanol–water partition coefficient (Wildman–Crippen LogP) is 2.97. The summed E-state index contributed by atoms with van der Waals surface area (Å²) in [7, 11) is 3.31. The number of carbonyl (C=O) groups is 2. The summed E-state index contributed by atoms with van der Waals surface area (Å²) in [5, 5.41) is 5.67. The van der Waals surface area contributed by atoms with Crippen molar-refractivity contribution in [1.29, 1.82) is 0 Å². The molecule has 0 aliphatic carbocycles. The molecule has 0 saturated carbocycles. The molecule has 2 aromatic rings. The van der Waals surface area contributed by atoms with E-state index >= 15 is 0 Å². The van der Waals surface area contributed by atoms with Gasteiger partial charge in [-0.3, -0.25) is 9.59 Å². The number of para-hydroxylation sites is 2. The Bertz CT molecular complexity index is 948. The maximum absolute atomic E-state index is 13.0. The number of carbonyl (C=O) groups excluding carboxylic acids is 2. The summed E-state index contributed by atoms with van der Waals surface area (Å²) in [6.45, 7) is 4.15.